The van der Waals surface area contributed by atoms with E-state index in [2.05, 4.69) is 23.6 Å². The number of rotatable bonds is 4. The second-order valence-corrected chi connectivity index (χ2v) is 10.7. The number of hydrogen-bond donors (Lipinski definition) is 1. The molecule has 28 heavy (non-hydrogen) atoms. The summed E-state index contributed by atoms with van der Waals surface area (Å²) in [5, 5.41) is 0. The summed E-state index contributed by atoms with van der Waals surface area (Å²) >= 11 is -0.181. The molecule has 1 N–H and O–H groups in total. The molecule has 2 aliphatic rings. The number of benzene rings is 1. The van der Waals surface area contributed by atoms with Crippen molar-refractivity contribution in [2.75, 3.05) is 30.8 Å². The first-order valence-corrected chi connectivity index (χ1v) is 14.3. The SMILES string of the molecule is C1CCOC1.Cc1cccc(C2=N[C@H](C(C)C)CO2)c1NS(C)(=O)=O.[Cl][Cr][Cl]. The second kappa shape index (κ2) is 12.9. The van der Waals surface area contributed by atoms with Gasteiger partial charge in [0.2, 0.25) is 15.9 Å². The summed E-state index contributed by atoms with van der Waals surface area (Å²) in [5.41, 5.74) is 2.07. The van der Waals surface area contributed by atoms with Crippen molar-refractivity contribution in [3.8, 4) is 0 Å². The minimum absolute atomic E-state index is 0.122. The van der Waals surface area contributed by atoms with Crippen molar-refractivity contribution < 1.29 is 31.3 Å². The van der Waals surface area contributed by atoms with E-state index in [1.54, 1.807) is 0 Å². The van der Waals surface area contributed by atoms with E-state index < -0.39 is 10.0 Å². The number of ether oxygens (including phenoxy) is 2. The number of nitrogens with one attached hydrogen (secondary N) is 1. The van der Waals surface area contributed by atoms with Gasteiger partial charge < -0.3 is 9.47 Å². The normalized spacial score (nSPS) is 18.4. The van der Waals surface area contributed by atoms with Crippen molar-refractivity contribution >= 4 is 41.7 Å². The van der Waals surface area contributed by atoms with Gasteiger partial charge in [-0.05, 0) is 37.3 Å². The number of nitrogens with zero attached hydrogens (tertiary/aromatic N) is 1. The summed E-state index contributed by atoms with van der Waals surface area (Å²) in [6, 6.07) is 5.66. The third kappa shape index (κ3) is 9.34. The van der Waals surface area contributed by atoms with Crippen LogP contribution >= 0.6 is 20.1 Å². The standard InChI is InChI=1S/C14H20N2O3S.C4H8O.2ClH.Cr/c1-9(2)12-8-19-14(15-12)11-7-5-6-10(3)13(11)16-20(4,17)18;1-2-4-5-3-1;;;/h5-7,9,12,16H,8H2,1-4H3;1-4H2;2*1H;/q;;;;+2/p-2/t12-;;;;/m0..../s1. The van der Waals surface area contributed by atoms with Crippen molar-refractivity contribution in [1.29, 1.82) is 0 Å². The molecule has 0 radical (unpaired) electrons. The average Bonchev–Trinajstić information content (AvgIpc) is 3.31. The van der Waals surface area contributed by atoms with E-state index in [9.17, 15) is 8.42 Å². The molecular weight excluding hydrogens is 463 g/mol. The van der Waals surface area contributed by atoms with Crippen LogP contribution in [0.4, 0.5) is 5.69 Å². The van der Waals surface area contributed by atoms with E-state index in [0.717, 1.165) is 25.0 Å². The number of halogens is 2. The molecule has 0 bridgehead atoms. The zero-order valence-corrected chi connectivity index (χ0v) is 20.2. The molecule has 2 heterocycles. The van der Waals surface area contributed by atoms with Gasteiger partial charge in [0.25, 0.3) is 0 Å². The first-order chi connectivity index (χ1) is 13.2. The molecular formula is C18H28Cl2CrN2O4S. The molecule has 0 amide bonds. The Morgan fingerprint density at radius 1 is 1.25 bits per heavy atom. The van der Waals surface area contributed by atoms with Gasteiger partial charge in [-0.25, -0.2) is 13.4 Å². The zero-order valence-electron chi connectivity index (χ0n) is 16.6. The number of aliphatic imine (C=N–C) groups is 1. The van der Waals surface area contributed by atoms with E-state index in [1.165, 1.54) is 12.8 Å². The molecule has 0 aromatic heterocycles. The maximum absolute atomic E-state index is 11.5. The average molecular weight is 491 g/mol. The molecule has 1 aromatic carbocycles. The van der Waals surface area contributed by atoms with Crippen LogP contribution in [0.15, 0.2) is 23.2 Å². The molecule has 0 saturated carbocycles. The van der Waals surface area contributed by atoms with Crippen molar-refractivity contribution in [2.45, 2.75) is 39.7 Å². The summed E-state index contributed by atoms with van der Waals surface area (Å²) in [6.45, 7) is 8.57. The van der Waals surface area contributed by atoms with Crippen LogP contribution in [0.1, 0.15) is 37.8 Å². The molecule has 0 aliphatic carbocycles. The first kappa shape index (κ1) is 25.5. The van der Waals surface area contributed by atoms with Gasteiger partial charge in [0.15, 0.2) is 0 Å². The topological polar surface area (TPSA) is 77.0 Å². The van der Waals surface area contributed by atoms with Gasteiger partial charge in [-0.15, -0.1) is 0 Å². The molecule has 0 unspecified atom stereocenters. The van der Waals surface area contributed by atoms with Crippen LogP contribution in [-0.4, -0.2) is 46.4 Å². The summed E-state index contributed by atoms with van der Waals surface area (Å²) in [5.74, 6) is 0.905. The van der Waals surface area contributed by atoms with Crippen molar-refractivity contribution in [3.63, 3.8) is 0 Å². The number of hydrogen-bond acceptors (Lipinski definition) is 5. The summed E-state index contributed by atoms with van der Waals surface area (Å²) in [6.07, 6.45) is 3.69. The molecule has 1 atom stereocenters. The summed E-state index contributed by atoms with van der Waals surface area (Å²) < 4.78 is 36.1. The van der Waals surface area contributed by atoms with Crippen LogP contribution in [0, 0.1) is 12.8 Å². The van der Waals surface area contributed by atoms with Crippen molar-refractivity contribution in [3.05, 3.63) is 29.3 Å². The number of para-hydroxylation sites is 1. The monoisotopic (exact) mass is 490 g/mol. The van der Waals surface area contributed by atoms with Crippen LogP contribution in [0.3, 0.4) is 0 Å². The molecule has 6 nitrogen and oxygen atoms in total. The van der Waals surface area contributed by atoms with Gasteiger partial charge >= 0.3 is 33.5 Å². The van der Waals surface area contributed by atoms with E-state index in [4.69, 9.17) is 29.6 Å². The molecule has 2 aliphatic heterocycles. The molecule has 10 heteroatoms. The predicted molar refractivity (Wildman–Crippen MR) is 113 cm³/mol. The Morgan fingerprint density at radius 2 is 1.86 bits per heavy atom. The van der Waals surface area contributed by atoms with Crippen LogP contribution in [-0.2, 0) is 32.9 Å². The van der Waals surface area contributed by atoms with E-state index in [-0.39, 0.29) is 19.4 Å². The van der Waals surface area contributed by atoms with Gasteiger partial charge in [-0.1, -0.05) is 26.0 Å². The van der Waals surface area contributed by atoms with Gasteiger partial charge in [-0.3, -0.25) is 4.72 Å². The third-order valence-electron chi connectivity index (χ3n) is 4.06. The summed E-state index contributed by atoms with van der Waals surface area (Å²) in [7, 11) is 6.31. The Bertz CT molecular complexity index is 733. The maximum atomic E-state index is 11.5. The fourth-order valence-corrected chi connectivity index (χ4v) is 3.20. The van der Waals surface area contributed by atoms with Gasteiger partial charge in [0, 0.05) is 13.2 Å². The number of sulfonamides is 1. The minimum atomic E-state index is -3.34. The third-order valence-corrected chi connectivity index (χ3v) is 4.64. The predicted octanol–water partition coefficient (Wildman–Crippen LogP) is 4.34. The Kier molecular flexibility index (Phi) is 11.8. The van der Waals surface area contributed by atoms with Crippen LogP contribution < -0.4 is 4.72 Å². The Labute approximate surface area is 183 Å². The summed E-state index contributed by atoms with van der Waals surface area (Å²) in [4.78, 5) is 4.55. The molecule has 1 aromatic rings. The van der Waals surface area contributed by atoms with Crippen LogP contribution in [0.2, 0.25) is 0 Å². The molecule has 3 rings (SSSR count). The van der Waals surface area contributed by atoms with Gasteiger partial charge in [-0.2, -0.15) is 0 Å². The van der Waals surface area contributed by atoms with E-state index >= 15 is 0 Å². The first-order valence-electron chi connectivity index (χ1n) is 8.95. The van der Waals surface area contributed by atoms with Crippen LogP contribution in [0.25, 0.3) is 0 Å². The Hall–Kier alpha value is -0.488. The van der Waals surface area contributed by atoms with Gasteiger partial charge in [0.1, 0.15) is 6.61 Å². The molecule has 1 saturated heterocycles. The molecule has 160 valence electrons. The van der Waals surface area contributed by atoms with Crippen molar-refractivity contribution in [1.82, 2.24) is 0 Å². The fourth-order valence-electron chi connectivity index (χ4n) is 2.56. The van der Waals surface area contributed by atoms with E-state index in [1.807, 2.05) is 25.1 Å². The number of aryl methyl sites for hydroxylation is 1. The fraction of sp³-hybridized carbons (Fsp3) is 0.611. The van der Waals surface area contributed by atoms with Gasteiger partial charge in [0.05, 0.1) is 23.5 Å². The zero-order chi connectivity index (χ0) is 21.2. The number of anilines is 1. The Balaban J connectivity index is 0.000000409. The molecule has 0 spiro atoms. The Morgan fingerprint density at radius 3 is 2.29 bits per heavy atom. The quantitative estimate of drug-likeness (QED) is 0.680. The second-order valence-electron chi connectivity index (χ2n) is 6.81. The van der Waals surface area contributed by atoms with Crippen molar-refractivity contribution in [2.24, 2.45) is 10.9 Å². The van der Waals surface area contributed by atoms with E-state index in [0.29, 0.717) is 29.7 Å². The molecule has 1 fully saturated rings. The van der Waals surface area contributed by atoms with Crippen LogP contribution in [0.5, 0.6) is 0 Å².